The number of benzene rings is 1. The fourth-order valence-corrected chi connectivity index (χ4v) is 3.76. The number of ether oxygens (including phenoxy) is 1. The third kappa shape index (κ3) is 6.37. The minimum absolute atomic E-state index is 0.726. The molecule has 0 amide bonds. The maximum atomic E-state index is 5.79. The lowest BCUT2D eigenvalue weighted by Gasteiger charge is -2.14. The van der Waals surface area contributed by atoms with Gasteiger partial charge in [-0.25, -0.2) is 0 Å². The lowest BCUT2D eigenvalue weighted by atomic mass is 10.2. The molecule has 0 atom stereocenters. The Bertz CT molecular complexity index is 376. The molecule has 1 aromatic rings. The Kier molecular flexibility index (Phi) is 9.03. The molecular formula is C16H26O3Si. The summed E-state index contributed by atoms with van der Waals surface area (Å²) in [7, 11) is -1.44. The van der Waals surface area contributed by atoms with Gasteiger partial charge in [-0.2, -0.15) is 0 Å². The highest BCUT2D eigenvalue weighted by Gasteiger charge is 2.11. The van der Waals surface area contributed by atoms with E-state index in [4.69, 9.17) is 13.6 Å². The Hall–Kier alpha value is -1.10. The molecule has 0 saturated heterocycles. The molecule has 0 heterocycles. The van der Waals surface area contributed by atoms with Crippen molar-refractivity contribution in [1.29, 1.82) is 0 Å². The van der Waals surface area contributed by atoms with Crippen LogP contribution in [0.1, 0.15) is 32.3 Å². The Morgan fingerprint density at radius 1 is 1.10 bits per heavy atom. The van der Waals surface area contributed by atoms with E-state index < -0.39 is 9.28 Å². The van der Waals surface area contributed by atoms with Crippen molar-refractivity contribution in [3.8, 4) is 5.75 Å². The zero-order valence-corrected chi connectivity index (χ0v) is 13.8. The van der Waals surface area contributed by atoms with E-state index in [9.17, 15) is 0 Å². The highest BCUT2D eigenvalue weighted by Crippen LogP contribution is 2.19. The van der Waals surface area contributed by atoms with Gasteiger partial charge in [-0.05, 0) is 38.8 Å². The summed E-state index contributed by atoms with van der Waals surface area (Å²) in [5.74, 6) is 0.908. The normalized spacial score (nSPS) is 10.8. The van der Waals surface area contributed by atoms with Gasteiger partial charge in [-0.1, -0.05) is 30.9 Å². The molecule has 0 spiro atoms. The summed E-state index contributed by atoms with van der Waals surface area (Å²) in [6.45, 7) is 10.1. The predicted molar refractivity (Wildman–Crippen MR) is 86.5 cm³/mol. The average Bonchev–Trinajstić information content (AvgIpc) is 2.47. The second-order valence-electron chi connectivity index (χ2n) is 4.43. The van der Waals surface area contributed by atoms with Crippen molar-refractivity contribution in [3.63, 3.8) is 0 Å². The van der Waals surface area contributed by atoms with Gasteiger partial charge in [0.1, 0.15) is 5.75 Å². The summed E-state index contributed by atoms with van der Waals surface area (Å²) in [5.41, 5.74) is 1.04. The van der Waals surface area contributed by atoms with Crippen molar-refractivity contribution in [2.45, 2.75) is 32.7 Å². The fraction of sp³-hybridized carbons (Fsp3) is 0.500. The topological polar surface area (TPSA) is 27.7 Å². The van der Waals surface area contributed by atoms with Crippen molar-refractivity contribution >= 4 is 15.4 Å². The van der Waals surface area contributed by atoms with Crippen LogP contribution in [0.15, 0.2) is 30.8 Å². The average molecular weight is 294 g/mol. The van der Waals surface area contributed by atoms with Gasteiger partial charge in [-0.15, -0.1) is 0 Å². The van der Waals surface area contributed by atoms with Crippen LogP contribution in [-0.2, 0) is 8.85 Å². The molecule has 1 rings (SSSR count). The van der Waals surface area contributed by atoms with Crippen LogP contribution in [0.4, 0.5) is 0 Å². The second kappa shape index (κ2) is 10.7. The first-order chi connectivity index (χ1) is 9.81. The Labute approximate surface area is 124 Å². The van der Waals surface area contributed by atoms with Crippen LogP contribution >= 0.6 is 0 Å². The monoisotopic (exact) mass is 294 g/mol. The van der Waals surface area contributed by atoms with Gasteiger partial charge in [0.15, 0.2) is 0 Å². The van der Waals surface area contributed by atoms with Crippen molar-refractivity contribution in [2.75, 3.05) is 19.8 Å². The summed E-state index contributed by atoms with van der Waals surface area (Å²) in [6.07, 6.45) is 3.94. The molecule has 0 bridgehead atoms. The van der Waals surface area contributed by atoms with Gasteiger partial charge in [-0.3, -0.25) is 0 Å². The van der Waals surface area contributed by atoms with Crippen molar-refractivity contribution < 1.29 is 13.6 Å². The first kappa shape index (κ1) is 16.9. The zero-order chi connectivity index (χ0) is 14.6. The third-order valence-corrected chi connectivity index (χ3v) is 5.23. The fourth-order valence-electron chi connectivity index (χ4n) is 1.96. The van der Waals surface area contributed by atoms with E-state index in [2.05, 4.69) is 6.58 Å². The van der Waals surface area contributed by atoms with Gasteiger partial charge in [0.05, 0.1) is 6.61 Å². The highest BCUT2D eigenvalue weighted by atomic mass is 28.3. The number of para-hydroxylation sites is 1. The SMILES string of the molecule is C=Cc1ccccc1OCCCC[SiH](OCC)OCC. The molecule has 0 N–H and O–H groups in total. The van der Waals surface area contributed by atoms with Crippen molar-refractivity contribution in [1.82, 2.24) is 0 Å². The molecular weight excluding hydrogens is 268 g/mol. The first-order valence-electron chi connectivity index (χ1n) is 7.39. The summed E-state index contributed by atoms with van der Waals surface area (Å²) in [6, 6.07) is 9.01. The molecule has 0 aliphatic carbocycles. The molecule has 0 radical (unpaired) electrons. The van der Waals surface area contributed by atoms with Gasteiger partial charge < -0.3 is 13.6 Å². The number of unbranched alkanes of at least 4 members (excludes halogenated alkanes) is 1. The molecule has 4 heteroatoms. The van der Waals surface area contributed by atoms with Gasteiger partial charge in [0.25, 0.3) is 0 Å². The van der Waals surface area contributed by atoms with Crippen molar-refractivity contribution in [2.24, 2.45) is 0 Å². The van der Waals surface area contributed by atoms with Crippen LogP contribution in [0.3, 0.4) is 0 Å². The summed E-state index contributed by atoms with van der Waals surface area (Å²) >= 11 is 0. The molecule has 0 fully saturated rings. The summed E-state index contributed by atoms with van der Waals surface area (Å²) in [4.78, 5) is 0. The van der Waals surface area contributed by atoms with Crippen LogP contribution in [0.2, 0.25) is 6.04 Å². The van der Waals surface area contributed by atoms with E-state index >= 15 is 0 Å². The van der Waals surface area contributed by atoms with Gasteiger partial charge >= 0.3 is 9.28 Å². The largest absolute Gasteiger partial charge is 0.493 e. The molecule has 20 heavy (non-hydrogen) atoms. The van der Waals surface area contributed by atoms with E-state index in [0.29, 0.717) is 0 Å². The molecule has 0 saturated carbocycles. The molecule has 0 aliphatic heterocycles. The number of hydrogen-bond donors (Lipinski definition) is 0. The second-order valence-corrected chi connectivity index (χ2v) is 6.53. The molecule has 3 nitrogen and oxygen atoms in total. The van der Waals surface area contributed by atoms with E-state index in [1.807, 2.05) is 44.2 Å². The van der Waals surface area contributed by atoms with E-state index in [-0.39, 0.29) is 0 Å². The maximum Gasteiger partial charge on any atom is 0.321 e. The molecule has 1 aromatic carbocycles. The summed E-state index contributed by atoms with van der Waals surface area (Å²) < 4.78 is 17.1. The highest BCUT2D eigenvalue weighted by molar-refractivity contribution is 6.44. The Morgan fingerprint density at radius 3 is 2.45 bits per heavy atom. The van der Waals surface area contributed by atoms with Gasteiger partial charge in [0, 0.05) is 18.8 Å². The molecule has 0 aromatic heterocycles. The lowest BCUT2D eigenvalue weighted by Crippen LogP contribution is -2.22. The lowest BCUT2D eigenvalue weighted by molar-refractivity contribution is 0.211. The number of rotatable bonds is 11. The summed E-state index contributed by atoms with van der Waals surface area (Å²) in [5, 5.41) is 0. The van der Waals surface area contributed by atoms with E-state index in [0.717, 1.165) is 50.0 Å². The smallest absolute Gasteiger partial charge is 0.321 e. The first-order valence-corrected chi connectivity index (χ1v) is 9.15. The molecule has 0 aliphatic rings. The minimum Gasteiger partial charge on any atom is -0.493 e. The van der Waals surface area contributed by atoms with E-state index in [1.165, 1.54) is 0 Å². The molecule has 0 unspecified atom stereocenters. The molecule has 112 valence electrons. The van der Waals surface area contributed by atoms with Crippen LogP contribution < -0.4 is 4.74 Å². The zero-order valence-electron chi connectivity index (χ0n) is 12.6. The third-order valence-electron chi connectivity index (χ3n) is 2.94. The van der Waals surface area contributed by atoms with E-state index in [1.54, 1.807) is 0 Å². The van der Waals surface area contributed by atoms with Gasteiger partial charge in [0.2, 0.25) is 0 Å². The quantitative estimate of drug-likeness (QED) is 0.459. The number of hydrogen-bond acceptors (Lipinski definition) is 3. The minimum atomic E-state index is -1.44. The van der Waals surface area contributed by atoms with Crippen LogP contribution in [0.25, 0.3) is 6.08 Å². The maximum absolute atomic E-state index is 5.79. The van der Waals surface area contributed by atoms with Crippen LogP contribution in [0.5, 0.6) is 5.75 Å². The Balaban J connectivity index is 2.22. The van der Waals surface area contributed by atoms with Crippen LogP contribution in [0, 0.1) is 0 Å². The van der Waals surface area contributed by atoms with Crippen LogP contribution in [-0.4, -0.2) is 29.1 Å². The Morgan fingerprint density at radius 2 is 1.80 bits per heavy atom. The standard InChI is InChI=1S/C16H26O3Si/c1-4-15-11-7-8-12-16(15)17-13-9-10-14-20(18-5-2)19-6-3/h4,7-8,11-12,20H,1,5-6,9-10,13-14H2,2-3H3. The van der Waals surface area contributed by atoms with Crippen molar-refractivity contribution in [3.05, 3.63) is 36.4 Å². The predicted octanol–water partition coefficient (Wildman–Crippen LogP) is 3.78.